The molecule has 1 N–H and O–H groups in total. The fraction of sp³-hybridized carbons (Fsp3) is 0.375. The van der Waals surface area contributed by atoms with Crippen LogP contribution < -0.4 is 5.32 Å². The van der Waals surface area contributed by atoms with Crippen LogP contribution in [0.2, 0.25) is 0 Å². The first kappa shape index (κ1) is 14.7. The van der Waals surface area contributed by atoms with Crippen molar-refractivity contribution < 1.29 is 13.2 Å². The van der Waals surface area contributed by atoms with Crippen LogP contribution in [0.4, 0.5) is 8.78 Å². The van der Waals surface area contributed by atoms with E-state index >= 15 is 0 Å². The summed E-state index contributed by atoms with van der Waals surface area (Å²) < 4.78 is 33.1. The van der Waals surface area contributed by atoms with Crippen molar-refractivity contribution in [1.82, 2.24) is 5.32 Å². The number of halogens is 2. The van der Waals surface area contributed by atoms with Crippen LogP contribution in [0.15, 0.2) is 16.5 Å². The maximum Gasteiger partial charge on any atom is 0.131 e. The normalized spacial score (nSPS) is 12.8. The summed E-state index contributed by atoms with van der Waals surface area (Å²) in [5.74, 6) is 0.487. The minimum absolute atomic E-state index is 0.355. The Kier molecular flexibility index (Phi) is 3.95. The van der Waals surface area contributed by atoms with Gasteiger partial charge in [0.25, 0.3) is 0 Å². The lowest BCUT2D eigenvalue weighted by molar-refractivity contribution is 0.493. The third-order valence-corrected chi connectivity index (χ3v) is 3.78. The summed E-state index contributed by atoms with van der Waals surface area (Å²) in [6.45, 7) is 7.31. The van der Waals surface area contributed by atoms with Crippen LogP contribution in [-0.4, -0.2) is 7.05 Å². The summed E-state index contributed by atoms with van der Waals surface area (Å²) in [5, 5.41) is 3.09. The molecule has 0 spiro atoms. The van der Waals surface area contributed by atoms with Gasteiger partial charge in [0.05, 0.1) is 6.04 Å². The van der Waals surface area contributed by atoms with E-state index in [2.05, 4.69) is 5.32 Å². The molecule has 1 atom stereocenters. The molecule has 20 heavy (non-hydrogen) atoms. The second kappa shape index (κ2) is 5.37. The zero-order chi connectivity index (χ0) is 15.0. The molecular weight excluding hydrogens is 260 g/mol. The number of hydrogen-bond acceptors (Lipinski definition) is 2. The molecule has 2 rings (SSSR count). The quantitative estimate of drug-likeness (QED) is 0.915. The first-order valence-corrected chi connectivity index (χ1v) is 6.56. The standard InChI is InChI=1S/C16H19F2NO/c1-8-6-12(14(18)7-13(8)17)16(19-5)15-9(2)10(3)20-11(15)4/h6-7,16,19H,1-5H3. The van der Waals surface area contributed by atoms with Gasteiger partial charge in [0.15, 0.2) is 0 Å². The highest BCUT2D eigenvalue weighted by Gasteiger charge is 2.24. The van der Waals surface area contributed by atoms with Crippen LogP contribution in [0.5, 0.6) is 0 Å². The van der Waals surface area contributed by atoms with Crippen molar-refractivity contribution in [3.63, 3.8) is 0 Å². The van der Waals surface area contributed by atoms with E-state index in [1.807, 2.05) is 20.8 Å². The first-order chi connectivity index (χ1) is 9.36. The van der Waals surface area contributed by atoms with Crippen molar-refractivity contribution in [2.75, 3.05) is 7.05 Å². The van der Waals surface area contributed by atoms with Crippen molar-refractivity contribution >= 4 is 0 Å². The monoisotopic (exact) mass is 279 g/mol. The van der Waals surface area contributed by atoms with Crippen LogP contribution in [0, 0.1) is 39.3 Å². The molecule has 2 aromatic rings. The molecule has 0 radical (unpaired) electrons. The summed E-state index contributed by atoms with van der Waals surface area (Å²) in [5.41, 5.74) is 2.76. The highest BCUT2D eigenvalue weighted by molar-refractivity contribution is 5.42. The predicted molar refractivity (Wildman–Crippen MR) is 74.9 cm³/mol. The molecule has 108 valence electrons. The Labute approximate surface area is 117 Å². The number of aryl methyl sites for hydroxylation is 3. The van der Waals surface area contributed by atoms with Gasteiger partial charge in [-0.05, 0) is 51.9 Å². The van der Waals surface area contributed by atoms with Gasteiger partial charge in [0.2, 0.25) is 0 Å². The molecule has 2 nitrogen and oxygen atoms in total. The van der Waals surface area contributed by atoms with E-state index in [1.165, 1.54) is 0 Å². The number of benzene rings is 1. The Hall–Kier alpha value is -1.68. The minimum Gasteiger partial charge on any atom is -0.466 e. The summed E-state index contributed by atoms with van der Waals surface area (Å²) in [4.78, 5) is 0. The predicted octanol–water partition coefficient (Wildman–Crippen LogP) is 4.10. The zero-order valence-corrected chi connectivity index (χ0v) is 12.4. The van der Waals surface area contributed by atoms with Crippen molar-refractivity contribution in [3.8, 4) is 0 Å². The SMILES string of the molecule is CNC(c1cc(C)c(F)cc1F)c1c(C)oc(C)c1C. The first-order valence-electron chi connectivity index (χ1n) is 6.56. The fourth-order valence-corrected chi connectivity index (χ4v) is 2.59. The van der Waals surface area contributed by atoms with Crippen molar-refractivity contribution in [3.05, 3.63) is 57.5 Å². The van der Waals surface area contributed by atoms with Crippen LogP contribution in [0.3, 0.4) is 0 Å². The van der Waals surface area contributed by atoms with Gasteiger partial charge < -0.3 is 9.73 Å². The molecule has 0 saturated heterocycles. The Morgan fingerprint density at radius 2 is 1.65 bits per heavy atom. The van der Waals surface area contributed by atoms with Gasteiger partial charge in [-0.1, -0.05) is 0 Å². The summed E-state index contributed by atoms with van der Waals surface area (Å²) in [6, 6.07) is 2.13. The second-order valence-electron chi connectivity index (χ2n) is 5.10. The molecule has 0 aliphatic rings. The van der Waals surface area contributed by atoms with Crippen LogP contribution in [0.25, 0.3) is 0 Å². The molecule has 0 saturated carbocycles. The largest absolute Gasteiger partial charge is 0.466 e. The van der Waals surface area contributed by atoms with Gasteiger partial charge in [-0.25, -0.2) is 8.78 Å². The van der Waals surface area contributed by atoms with E-state index in [9.17, 15) is 8.78 Å². The molecule has 0 bridgehead atoms. The van der Waals surface area contributed by atoms with Gasteiger partial charge in [0.1, 0.15) is 23.2 Å². The smallest absolute Gasteiger partial charge is 0.131 e. The lowest BCUT2D eigenvalue weighted by Crippen LogP contribution is -2.20. The molecule has 0 aliphatic carbocycles. The highest BCUT2D eigenvalue weighted by Crippen LogP contribution is 2.33. The van der Waals surface area contributed by atoms with E-state index in [-0.39, 0.29) is 6.04 Å². The summed E-state index contributed by atoms with van der Waals surface area (Å²) >= 11 is 0. The molecule has 0 fully saturated rings. The zero-order valence-electron chi connectivity index (χ0n) is 12.4. The Morgan fingerprint density at radius 1 is 1.00 bits per heavy atom. The Morgan fingerprint density at radius 3 is 2.15 bits per heavy atom. The lowest BCUT2D eigenvalue weighted by Gasteiger charge is -2.19. The Balaban J connectivity index is 2.61. The number of nitrogens with one attached hydrogen (secondary N) is 1. The second-order valence-corrected chi connectivity index (χ2v) is 5.10. The van der Waals surface area contributed by atoms with Gasteiger partial charge >= 0.3 is 0 Å². The van der Waals surface area contributed by atoms with Gasteiger partial charge in [-0.15, -0.1) is 0 Å². The molecule has 1 aromatic carbocycles. The Bertz CT molecular complexity index is 646. The summed E-state index contributed by atoms with van der Waals surface area (Å²) in [6.07, 6.45) is 0. The fourth-order valence-electron chi connectivity index (χ4n) is 2.59. The van der Waals surface area contributed by atoms with Crippen molar-refractivity contribution in [2.24, 2.45) is 0 Å². The molecular formula is C16H19F2NO. The number of rotatable bonds is 3. The van der Waals surface area contributed by atoms with E-state index in [0.717, 1.165) is 28.7 Å². The molecule has 1 heterocycles. The van der Waals surface area contributed by atoms with E-state index in [4.69, 9.17) is 4.42 Å². The lowest BCUT2D eigenvalue weighted by atomic mass is 9.94. The molecule has 4 heteroatoms. The molecule has 1 unspecified atom stereocenters. The molecule has 0 amide bonds. The number of hydrogen-bond donors (Lipinski definition) is 1. The van der Waals surface area contributed by atoms with Gasteiger partial charge in [-0.2, -0.15) is 0 Å². The van der Waals surface area contributed by atoms with Crippen molar-refractivity contribution in [2.45, 2.75) is 33.7 Å². The van der Waals surface area contributed by atoms with Gasteiger partial charge in [0, 0.05) is 17.2 Å². The van der Waals surface area contributed by atoms with Crippen LogP contribution in [-0.2, 0) is 0 Å². The van der Waals surface area contributed by atoms with Crippen LogP contribution >= 0.6 is 0 Å². The van der Waals surface area contributed by atoms with E-state index < -0.39 is 11.6 Å². The minimum atomic E-state index is -0.551. The third-order valence-electron chi connectivity index (χ3n) is 3.78. The summed E-state index contributed by atoms with van der Waals surface area (Å²) in [7, 11) is 1.75. The highest BCUT2D eigenvalue weighted by atomic mass is 19.1. The van der Waals surface area contributed by atoms with Crippen LogP contribution in [0.1, 0.15) is 39.8 Å². The van der Waals surface area contributed by atoms with Gasteiger partial charge in [-0.3, -0.25) is 0 Å². The maximum absolute atomic E-state index is 14.1. The topological polar surface area (TPSA) is 25.2 Å². The average Bonchev–Trinajstić information content (AvgIpc) is 2.63. The number of furan rings is 1. The van der Waals surface area contributed by atoms with E-state index in [1.54, 1.807) is 20.0 Å². The molecule has 1 aromatic heterocycles. The third kappa shape index (κ3) is 2.36. The average molecular weight is 279 g/mol. The van der Waals surface area contributed by atoms with Crippen molar-refractivity contribution in [1.29, 1.82) is 0 Å². The van der Waals surface area contributed by atoms with E-state index in [0.29, 0.717) is 11.1 Å². The molecule has 0 aliphatic heterocycles. The maximum atomic E-state index is 14.1.